The largest absolute Gasteiger partial charge is 0.484 e. The van der Waals surface area contributed by atoms with Crippen LogP contribution in [-0.2, 0) is 13.0 Å². The number of pyridine rings is 1. The van der Waals surface area contributed by atoms with Crippen LogP contribution in [0.3, 0.4) is 0 Å². The maximum absolute atomic E-state index is 12.0. The summed E-state index contributed by atoms with van der Waals surface area (Å²) in [5.41, 5.74) is 1.36. The van der Waals surface area contributed by atoms with Gasteiger partial charge in [0.05, 0.1) is 0 Å². The predicted molar refractivity (Wildman–Crippen MR) is 87.6 cm³/mol. The highest BCUT2D eigenvalue weighted by Gasteiger charge is 2.12. The summed E-state index contributed by atoms with van der Waals surface area (Å²) in [6.45, 7) is 0.694. The lowest BCUT2D eigenvalue weighted by Gasteiger charge is -2.03. The molecule has 1 aromatic carbocycles. The van der Waals surface area contributed by atoms with Crippen LogP contribution in [0.25, 0.3) is 0 Å². The summed E-state index contributed by atoms with van der Waals surface area (Å²) in [4.78, 5) is 20.1. The minimum atomic E-state index is -0.265. The Hall–Kier alpha value is -3.15. The maximum atomic E-state index is 12.0. The molecule has 122 valence electrons. The van der Waals surface area contributed by atoms with Crippen LogP contribution >= 0.6 is 0 Å². The van der Waals surface area contributed by atoms with Gasteiger partial charge in [-0.1, -0.05) is 18.2 Å². The van der Waals surface area contributed by atoms with Gasteiger partial charge in [0.25, 0.3) is 5.91 Å². The van der Waals surface area contributed by atoms with Gasteiger partial charge in [0.2, 0.25) is 5.89 Å². The van der Waals surface area contributed by atoms with Gasteiger partial charge in [-0.25, -0.2) is 4.98 Å². The highest BCUT2D eigenvalue weighted by Crippen LogP contribution is 2.11. The van der Waals surface area contributed by atoms with Gasteiger partial charge in [-0.15, -0.1) is 0 Å². The molecule has 0 atom stereocenters. The molecule has 6 heteroatoms. The second-order valence-electron chi connectivity index (χ2n) is 5.09. The van der Waals surface area contributed by atoms with Gasteiger partial charge in [0.15, 0.2) is 12.3 Å². The van der Waals surface area contributed by atoms with Crippen molar-refractivity contribution >= 4 is 5.91 Å². The highest BCUT2D eigenvalue weighted by molar-refractivity contribution is 5.91. The predicted octanol–water partition coefficient (Wildman–Crippen LogP) is 2.62. The van der Waals surface area contributed by atoms with E-state index in [0.29, 0.717) is 12.4 Å². The number of ether oxygens (including phenoxy) is 1. The Morgan fingerprint density at radius 3 is 2.71 bits per heavy atom. The fraction of sp³-hybridized carbons (Fsp3) is 0.167. The Balaban J connectivity index is 1.46. The van der Waals surface area contributed by atoms with Gasteiger partial charge in [0.1, 0.15) is 12.0 Å². The first-order chi connectivity index (χ1) is 11.8. The molecule has 0 aliphatic rings. The molecule has 2 heterocycles. The summed E-state index contributed by atoms with van der Waals surface area (Å²) in [6.07, 6.45) is 5.53. The second kappa shape index (κ2) is 7.92. The van der Waals surface area contributed by atoms with Gasteiger partial charge < -0.3 is 14.5 Å². The number of amides is 1. The van der Waals surface area contributed by atoms with E-state index in [2.05, 4.69) is 15.3 Å². The van der Waals surface area contributed by atoms with Gasteiger partial charge in [-0.3, -0.25) is 9.78 Å². The number of benzene rings is 1. The zero-order chi connectivity index (χ0) is 16.6. The van der Waals surface area contributed by atoms with Gasteiger partial charge in [0, 0.05) is 18.9 Å². The summed E-state index contributed by atoms with van der Waals surface area (Å²) >= 11 is 0. The third-order valence-corrected chi connectivity index (χ3v) is 3.34. The van der Waals surface area contributed by atoms with Crippen LogP contribution in [0.15, 0.2) is 65.5 Å². The molecule has 3 rings (SSSR count). The molecule has 0 saturated heterocycles. The topological polar surface area (TPSA) is 77.2 Å². The monoisotopic (exact) mass is 323 g/mol. The molecule has 0 radical (unpaired) electrons. The van der Waals surface area contributed by atoms with E-state index in [-0.39, 0.29) is 18.2 Å². The van der Waals surface area contributed by atoms with Crippen LogP contribution in [0.5, 0.6) is 5.75 Å². The lowest BCUT2D eigenvalue weighted by molar-refractivity contribution is 0.0949. The van der Waals surface area contributed by atoms with Crippen molar-refractivity contribution in [2.24, 2.45) is 0 Å². The average Bonchev–Trinajstić information content (AvgIpc) is 3.11. The van der Waals surface area contributed by atoms with Gasteiger partial charge >= 0.3 is 0 Å². The molecule has 24 heavy (non-hydrogen) atoms. The van der Waals surface area contributed by atoms with Gasteiger partial charge in [-0.05, 0) is 36.2 Å². The molecule has 6 nitrogen and oxygen atoms in total. The van der Waals surface area contributed by atoms with Crippen molar-refractivity contribution in [3.8, 4) is 5.75 Å². The summed E-state index contributed by atoms with van der Waals surface area (Å²) in [5.74, 6) is 0.816. The average molecular weight is 323 g/mol. The smallest absolute Gasteiger partial charge is 0.273 e. The van der Waals surface area contributed by atoms with E-state index in [4.69, 9.17) is 9.15 Å². The van der Waals surface area contributed by atoms with E-state index in [1.54, 1.807) is 12.4 Å². The molecule has 0 unspecified atom stereocenters. The van der Waals surface area contributed by atoms with Crippen LogP contribution in [0.4, 0.5) is 0 Å². The van der Waals surface area contributed by atoms with E-state index in [1.165, 1.54) is 6.26 Å². The van der Waals surface area contributed by atoms with Crippen LogP contribution in [0.2, 0.25) is 0 Å². The first kappa shape index (κ1) is 15.7. The molecule has 0 spiro atoms. The van der Waals surface area contributed by atoms with Crippen molar-refractivity contribution in [2.75, 3.05) is 6.54 Å². The molecule has 3 aromatic rings. The van der Waals surface area contributed by atoms with Crippen LogP contribution in [0, 0.1) is 0 Å². The highest BCUT2D eigenvalue weighted by atomic mass is 16.5. The number of rotatable bonds is 7. The molecule has 1 N–H and O–H groups in total. The van der Waals surface area contributed by atoms with Gasteiger partial charge in [-0.2, -0.15) is 0 Å². The van der Waals surface area contributed by atoms with Crippen molar-refractivity contribution in [1.29, 1.82) is 0 Å². The number of carbonyl (C=O) groups is 1. The number of hydrogen-bond donors (Lipinski definition) is 1. The Kier molecular flexibility index (Phi) is 5.19. The van der Waals surface area contributed by atoms with Crippen molar-refractivity contribution < 1.29 is 13.9 Å². The molecule has 1 amide bonds. The fourth-order valence-electron chi connectivity index (χ4n) is 2.10. The van der Waals surface area contributed by atoms with E-state index in [9.17, 15) is 4.79 Å². The minimum absolute atomic E-state index is 0.175. The lowest BCUT2D eigenvalue weighted by atomic mass is 10.2. The third kappa shape index (κ3) is 4.42. The van der Waals surface area contributed by atoms with Crippen LogP contribution < -0.4 is 10.1 Å². The summed E-state index contributed by atoms with van der Waals surface area (Å²) < 4.78 is 10.8. The molecule has 0 saturated carbocycles. The van der Waals surface area contributed by atoms with Crippen molar-refractivity contribution in [1.82, 2.24) is 15.3 Å². The quantitative estimate of drug-likeness (QED) is 0.723. The van der Waals surface area contributed by atoms with E-state index < -0.39 is 0 Å². The number of oxazole rings is 1. The molecular weight excluding hydrogens is 306 g/mol. The van der Waals surface area contributed by atoms with E-state index in [0.717, 1.165) is 17.7 Å². The normalized spacial score (nSPS) is 10.3. The van der Waals surface area contributed by atoms with Crippen molar-refractivity contribution in [2.45, 2.75) is 13.0 Å². The molecule has 0 aliphatic carbocycles. The first-order valence-corrected chi connectivity index (χ1v) is 7.60. The lowest BCUT2D eigenvalue weighted by Crippen LogP contribution is -2.26. The van der Waals surface area contributed by atoms with Crippen LogP contribution in [0.1, 0.15) is 21.9 Å². The van der Waals surface area contributed by atoms with Crippen LogP contribution in [-0.4, -0.2) is 22.4 Å². The maximum Gasteiger partial charge on any atom is 0.273 e. The summed E-state index contributed by atoms with van der Waals surface area (Å²) in [6, 6.07) is 13.2. The number of nitrogens with zero attached hydrogens (tertiary/aromatic N) is 2. The summed E-state index contributed by atoms with van der Waals surface area (Å²) in [5, 5.41) is 2.81. The number of para-hydroxylation sites is 1. The first-order valence-electron chi connectivity index (χ1n) is 7.60. The zero-order valence-corrected chi connectivity index (χ0v) is 13.0. The Labute approximate surface area is 139 Å². The van der Waals surface area contributed by atoms with Crippen molar-refractivity contribution in [3.05, 3.63) is 78.3 Å². The standard InChI is InChI=1S/C18H17N3O3/c22-18(20-11-8-14-6-9-19-10-7-14)16-12-24-17(21-16)13-23-15-4-2-1-3-5-15/h1-7,9-10,12H,8,11,13H2,(H,20,22). The van der Waals surface area contributed by atoms with E-state index >= 15 is 0 Å². The Morgan fingerprint density at radius 2 is 1.92 bits per heavy atom. The molecular formula is C18H17N3O3. The molecule has 0 fully saturated rings. The fourth-order valence-corrected chi connectivity index (χ4v) is 2.10. The number of nitrogens with one attached hydrogen (secondary N) is 1. The Bertz CT molecular complexity index is 772. The number of aromatic nitrogens is 2. The third-order valence-electron chi connectivity index (χ3n) is 3.34. The Morgan fingerprint density at radius 1 is 1.12 bits per heavy atom. The zero-order valence-electron chi connectivity index (χ0n) is 13.0. The SMILES string of the molecule is O=C(NCCc1ccncc1)c1coc(COc2ccccc2)n1. The van der Waals surface area contributed by atoms with E-state index in [1.807, 2.05) is 42.5 Å². The number of hydrogen-bond acceptors (Lipinski definition) is 5. The van der Waals surface area contributed by atoms with Crippen molar-refractivity contribution in [3.63, 3.8) is 0 Å². The number of carbonyl (C=O) groups excluding carboxylic acids is 1. The minimum Gasteiger partial charge on any atom is -0.484 e. The molecule has 2 aromatic heterocycles. The summed E-state index contributed by atoms with van der Waals surface area (Å²) in [7, 11) is 0. The molecule has 0 aliphatic heterocycles. The second-order valence-corrected chi connectivity index (χ2v) is 5.09. The molecule has 0 bridgehead atoms.